The minimum Gasteiger partial charge on any atom is -0.426 e. The number of rotatable bonds is 4. The summed E-state index contributed by atoms with van der Waals surface area (Å²) in [7, 11) is 0. The Morgan fingerprint density at radius 2 is 1.57 bits per heavy atom. The van der Waals surface area contributed by atoms with Gasteiger partial charge in [-0.2, -0.15) is 0 Å². The van der Waals surface area contributed by atoms with Crippen molar-refractivity contribution in [2.75, 3.05) is 0 Å². The average Bonchev–Trinajstić information content (AvgIpc) is 2.47. The molecule has 0 saturated heterocycles. The molecule has 0 aromatic carbocycles. The lowest BCUT2D eigenvalue weighted by Crippen LogP contribution is -2.72. The number of nitrogens with two attached hydrogens (primary N) is 1. The van der Waals surface area contributed by atoms with Gasteiger partial charge in [0, 0.05) is 0 Å². The highest BCUT2D eigenvalue weighted by Crippen LogP contribution is 2.32. The molecule has 0 bridgehead atoms. The van der Waals surface area contributed by atoms with Crippen molar-refractivity contribution in [3.8, 4) is 0 Å². The van der Waals surface area contributed by atoms with Gasteiger partial charge in [-0.3, -0.25) is 4.79 Å². The molecule has 9 heteroatoms. The van der Waals surface area contributed by atoms with Crippen LogP contribution in [0.1, 0.15) is 20.3 Å². The average molecular weight is 309 g/mol. The van der Waals surface area contributed by atoms with Crippen LogP contribution in [0.2, 0.25) is 0 Å². The lowest BCUT2D eigenvalue weighted by atomic mass is 9.82. The molecule has 8 atom stereocenters. The molecule has 0 radical (unpaired) electrons. The molecule has 0 aromatic heterocycles. The fourth-order valence-corrected chi connectivity index (χ4v) is 2.08. The third-order valence-electron chi connectivity index (χ3n) is 3.99. The zero-order valence-corrected chi connectivity index (χ0v) is 11.8. The summed E-state index contributed by atoms with van der Waals surface area (Å²) in [5.41, 5.74) is 5.61. The molecule has 0 unspecified atom stereocenters. The largest absolute Gasteiger partial charge is 0.426 e. The van der Waals surface area contributed by atoms with Crippen molar-refractivity contribution in [1.29, 1.82) is 0 Å². The number of hydrogen-bond donors (Lipinski definition) is 7. The molecule has 21 heavy (non-hydrogen) atoms. The summed E-state index contributed by atoms with van der Waals surface area (Å²) in [6.45, 7) is 3.44. The smallest absolute Gasteiger partial charge is 0.325 e. The van der Waals surface area contributed by atoms with E-state index in [0.29, 0.717) is 6.42 Å². The highest BCUT2D eigenvalue weighted by atomic mass is 16.7. The van der Waals surface area contributed by atoms with E-state index in [9.17, 15) is 35.4 Å². The maximum Gasteiger partial charge on any atom is 0.325 e. The Bertz CT molecular complexity index is 362. The Labute approximate surface area is 121 Å². The van der Waals surface area contributed by atoms with Crippen molar-refractivity contribution in [3.63, 3.8) is 0 Å². The van der Waals surface area contributed by atoms with Crippen LogP contribution >= 0.6 is 0 Å². The van der Waals surface area contributed by atoms with Crippen LogP contribution < -0.4 is 5.73 Å². The van der Waals surface area contributed by atoms with Crippen molar-refractivity contribution in [2.45, 2.75) is 62.6 Å². The van der Waals surface area contributed by atoms with E-state index in [-0.39, 0.29) is 5.92 Å². The highest BCUT2D eigenvalue weighted by Gasteiger charge is 2.60. The summed E-state index contributed by atoms with van der Waals surface area (Å²) >= 11 is 0. The van der Waals surface area contributed by atoms with Crippen LogP contribution in [0.4, 0.5) is 0 Å². The van der Waals surface area contributed by atoms with Crippen LogP contribution in [0.5, 0.6) is 0 Å². The van der Waals surface area contributed by atoms with E-state index in [1.54, 1.807) is 13.8 Å². The van der Waals surface area contributed by atoms with Gasteiger partial charge < -0.3 is 41.1 Å². The molecule has 0 aromatic rings. The summed E-state index contributed by atoms with van der Waals surface area (Å²) in [4.78, 5) is 11.8. The third kappa shape index (κ3) is 3.19. The van der Waals surface area contributed by atoms with Crippen LogP contribution in [0.3, 0.4) is 0 Å². The predicted molar refractivity (Wildman–Crippen MR) is 68.5 cm³/mol. The van der Waals surface area contributed by atoms with E-state index in [1.807, 2.05) is 0 Å². The number of aliphatic hydroxyl groups is 6. The van der Waals surface area contributed by atoms with Crippen molar-refractivity contribution in [2.24, 2.45) is 11.7 Å². The van der Waals surface area contributed by atoms with E-state index >= 15 is 0 Å². The molecule has 1 fully saturated rings. The van der Waals surface area contributed by atoms with Crippen molar-refractivity contribution < 1.29 is 40.2 Å². The van der Waals surface area contributed by atoms with Gasteiger partial charge in [0.25, 0.3) is 5.79 Å². The molecule has 8 N–H and O–H groups in total. The molecular weight excluding hydrogens is 286 g/mol. The van der Waals surface area contributed by atoms with Crippen molar-refractivity contribution in [3.05, 3.63) is 0 Å². The zero-order valence-electron chi connectivity index (χ0n) is 11.8. The molecule has 0 heterocycles. The molecule has 1 rings (SSSR count). The fraction of sp³-hybridized carbons (Fsp3) is 0.917. The molecule has 0 aliphatic heterocycles. The second kappa shape index (κ2) is 6.53. The van der Waals surface area contributed by atoms with Crippen LogP contribution in [0, 0.1) is 5.92 Å². The van der Waals surface area contributed by atoms with Gasteiger partial charge in [-0.1, -0.05) is 20.3 Å². The Morgan fingerprint density at radius 3 is 1.95 bits per heavy atom. The number of carbonyl (C=O) groups excluding carboxylic acids is 1. The second-order valence-electron chi connectivity index (χ2n) is 5.45. The van der Waals surface area contributed by atoms with E-state index in [4.69, 9.17) is 5.73 Å². The molecule has 1 aliphatic carbocycles. The molecule has 1 aliphatic rings. The van der Waals surface area contributed by atoms with Crippen LogP contribution in [-0.2, 0) is 9.53 Å². The summed E-state index contributed by atoms with van der Waals surface area (Å²) in [5, 5.41) is 58.0. The molecular formula is C12H23NO8. The van der Waals surface area contributed by atoms with Crippen LogP contribution in [0.25, 0.3) is 0 Å². The summed E-state index contributed by atoms with van der Waals surface area (Å²) in [6, 6.07) is -1.13. The monoisotopic (exact) mass is 309 g/mol. The maximum absolute atomic E-state index is 11.8. The van der Waals surface area contributed by atoms with Crippen molar-refractivity contribution in [1.82, 2.24) is 0 Å². The Kier molecular flexibility index (Phi) is 5.67. The first-order chi connectivity index (χ1) is 9.57. The zero-order chi connectivity index (χ0) is 16.5. The Hall–Kier alpha value is -0.810. The van der Waals surface area contributed by atoms with Crippen molar-refractivity contribution >= 4 is 5.97 Å². The number of carbonyl (C=O) groups is 1. The lowest BCUT2D eigenvalue weighted by Gasteiger charge is -2.46. The van der Waals surface area contributed by atoms with Gasteiger partial charge in [0.2, 0.25) is 0 Å². The number of hydrogen-bond acceptors (Lipinski definition) is 9. The van der Waals surface area contributed by atoms with Gasteiger partial charge in [0.05, 0.1) is 0 Å². The second-order valence-corrected chi connectivity index (χ2v) is 5.45. The highest BCUT2D eigenvalue weighted by molar-refractivity contribution is 5.76. The Balaban J connectivity index is 2.95. The van der Waals surface area contributed by atoms with Gasteiger partial charge >= 0.3 is 5.97 Å². The van der Waals surface area contributed by atoms with Gasteiger partial charge in [-0.15, -0.1) is 0 Å². The third-order valence-corrected chi connectivity index (χ3v) is 3.99. The molecule has 9 nitrogen and oxygen atoms in total. The number of ether oxygens (including phenoxy) is 1. The number of esters is 1. The van der Waals surface area contributed by atoms with Gasteiger partial charge in [-0.25, -0.2) is 0 Å². The van der Waals surface area contributed by atoms with E-state index in [2.05, 4.69) is 4.74 Å². The first-order valence-electron chi connectivity index (χ1n) is 6.69. The quantitative estimate of drug-likeness (QED) is 0.204. The van der Waals surface area contributed by atoms with E-state index in [1.165, 1.54) is 0 Å². The van der Waals surface area contributed by atoms with Crippen LogP contribution in [-0.4, -0.2) is 79.0 Å². The Morgan fingerprint density at radius 1 is 1.14 bits per heavy atom. The van der Waals surface area contributed by atoms with Gasteiger partial charge in [0.15, 0.2) is 12.2 Å². The minimum absolute atomic E-state index is 0.292. The standard InChI is InChI=1S/C12H23NO8/c1-3-4(2)5(13)11(19)21-12(20)9(17)7(15)6(14)8(16)10(12)18/h4-10,14-18,20H,3,13H2,1-2H3/t4-,5-,6-,7-,8+,9+,10+,12-/m0/s1. The van der Waals surface area contributed by atoms with Gasteiger partial charge in [-0.05, 0) is 5.92 Å². The predicted octanol–water partition coefficient (Wildman–Crippen LogP) is -3.59. The molecule has 124 valence electrons. The summed E-state index contributed by atoms with van der Waals surface area (Å²) in [5.74, 6) is -4.37. The minimum atomic E-state index is -2.97. The molecule has 0 spiro atoms. The molecule has 0 amide bonds. The summed E-state index contributed by atoms with van der Waals surface area (Å²) < 4.78 is 4.64. The topological polar surface area (TPSA) is 174 Å². The van der Waals surface area contributed by atoms with E-state index < -0.39 is 48.3 Å². The fourth-order valence-electron chi connectivity index (χ4n) is 2.08. The summed E-state index contributed by atoms with van der Waals surface area (Å²) in [6.07, 6.45) is -9.80. The van der Waals surface area contributed by atoms with E-state index in [0.717, 1.165) is 0 Å². The van der Waals surface area contributed by atoms with Crippen LogP contribution in [0.15, 0.2) is 0 Å². The number of aliphatic hydroxyl groups excluding tert-OH is 5. The maximum atomic E-state index is 11.8. The molecule has 1 saturated carbocycles. The first-order valence-corrected chi connectivity index (χ1v) is 6.69. The SMILES string of the molecule is CC[C@H](C)[C@H](N)C(=O)O[C@]1(O)[C@H](O)[C@H](O)[C@@H](O)[C@H](O)[C@H]1O. The van der Waals surface area contributed by atoms with Gasteiger partial charge in [0.1, 0.15) is 24.4 Å². The first kappa shape index (κ1) is 18.2. The normalized spacial score (nSPS) is 43.2. The lowest BCUT2D eigenvalue weighted by molar-refractivity contribution is -0.348.